The number of hydrogen-bond donors (Lipinski definition) is 0. The predicted molar refractivity (Wildman–Crippen MR) is 197 cm³/mol. The molecule has 0 bridgehead atoms. The Morgan fingerprint density at radius 2 is 1.63 bits per heavy atom. The standard InChI is InChI=1S/C34H45N7O5S3/c1-5-7-8-9-10-11-12-13-14-17-28(42)46-25-24-45-23-22-44-21-20-43-19-18-41(6-2)34-37-29(27-16-15-26-47-27)32(48-34)38-39-33-30(35-3)31(36-4)40-49-33/h11-12,15-16,26H,5-10,13-14,17-25H2,1-2H3/b12-11+,39-38?. The molecule has 0 aliphatic carbocycles. The zero-order valence-corrected chi connectivity index (χ0v) is 30.8. The number of unbranched alkanes of at least 4 members (excludes halogenated alkanes) is 5. The van der Waals surface area contributed by atoms with Crippen molar-refractivity contribution < 1.29 is 23.7 Å². The Bertz CT molecular complexity index is 1510. The quantitative estimate of drug-likeness (QED) is 0.0264. The number of azo groups is 1. The molecule has 0 aliphatic heterocycles. The lowest BCUT2D eigenvalue weighted by atomic mass is 10.1. The van der Waals surface area contributed by atoms with Gasteiger partial charge in [0, 0.05) is 19.5 Å². The van der Waals surface area contributed by atoms with Crippen molar-refractivity contribution in [2.24, 2.45) is 10.2 Å². The van der Waals surface area contributed by atoms with Crippen LogP contribution in [-0.4, -0.2) is 74.7 Å². The summed E-state index contributed by atoms with van der Waals surface area (Å²) >= 11 is 3.95. The summed E-state index contributed by atoms with van der Waals surface area (Å²) in [6, 6.07) is 3.94. The molecule has 49 heavy (non-hydrogen) atoms. The fourth-order valence-corrected chi connectivity index (χ4v) is 6.73. The van der Waals surface area contributed by atoms with Crippen LogP contribution in [0.25, 0.3) is 20.3 Å². The lowest BCUT2D eigenvalue weighted by Crippen LogP contribution is -2.27. The average molecular weight is 728 g/mol. The highest BCUT2D eigenvalue weighted by molar-refractivity contribution is 7.20. The van der Waals surface area contributed by atoms with Gasteiger partial charge >= 0.3 is 5.97 Å². The molecule has 15 heteroatoms. The molecular weight excluding hydrogens is 683 g/mol. The van der Waals surface area contributed by atoms with Crippen LogP contribution >= 0.6 is 34.2 Å². The number of likely N-dealkylation sites (N-methyl/N-ethyl adjacent to an activating group) is 1. The second kappa shape index (κ2) is 24.5. The first kappa shape index (κ1) is 39.9. The molecule has 0 fully saturated rings. The number of esters is 1. The van der Waals surface area contributed by atoms with Crippen molar-refractivity contribution in [3.63, 3.8) is 0 Å². The molecule has 3 heterocycles. The third-order valence-electron chi connectivity index (χ3n) is 6.97. The van der Waals surface area contributed by atoms with Crippen molar-refractivity contribution in [1.29, 1.82) is 0 Å². The summed E-state index contributed by atoms with van der Waals surface area (Å²) < 4.78 is 26.1. The smallest absolute Gasteiger partial charge is 0.305 e. The summed E-state index contributed by atoms with van der Waals surface area (Å²) in [6.07, 6.45) is 12.7. The van der Waals surface area contributed by atoms with Gasteiger partial charge in [-0.15, -0.1) is 21.6 Å². The number of thiophene rings is 1. The van der Waals surface area contributed by atoms with E-state index in [-0.39, 0.29) is 24.1 Å². The van der Waals surface area contributed by atoms with E-state index in [1.165, 1.54) is 37.0 Å². The van der Waals surface area contributed by atoms with E-state index >= 15 is 0 Å². The molecule has 0 atom stereocenters. The Hall–Kier alpha value is -3.57. The molecule has 0 spiro atoms. The minimum Gasteiger partial charge on any atom is -0.463 e. The first-order chi connectivity index (χ1) is 24.1. The van der Waals surface area contributed by atoms with Crippen LogP contribution in [0.15, 0.2) is 39.9 Å². The number of carbonyl (C=O) groups is 1. The largest absolute Gasteiger partial charge is 0.463 e. The molecule has 0 aromatic carbocycles. The van der Waals surface area contributed by atoms with E-state index in [0.29, 0.717) is 62.6 Å². The van der Waals surface area contributed by atoms with Gasteiger partial charge in [-0.3, -0.25) is 4.79 Å². The molecule has 0 N–H and O–H groups in total. The first-order valence-corrected chi connectivity index (χ1v) is 19.1. The molecule has 0 saturated carbocycles. The van der Waals surface area contributed by atoms with E-state index < -0.39 is 0 Å². The Morgan fingerprint density at radius 3 is 2.31 bits per heavy atom. The zero-order chi connectivity index (χ0) is 34.9. The van der Waals surface area contributed by atoms with Crippen LogP contribution in [0.1, 0.15) is 65.2 Å². The van der Waals surface area contributed by atoms with Crippen molar-refractivity contribution >= 4 is 66.8 Å². The van der Waals surface area contributed by atoms with Crippen LogP contribution in [0.2, 0.25) is 0 Å². The van der Waals surface area contributed by atoms with E-state index in [0.717, 1.165) is 53.0 Å². The minimum absolute atomic E-state index is 0.0424. The number of carbonyl (C=O) groups excluding carboxylic acids is 1. The lowest BCUT2D eigenvalue weighted by Gasteiger charge is -2.19. The van der Waals surface area contributed by atoms with Crippen molar-refractivity contribution in [2.45, 2.75) is 65.2 Å². The second-order valence-corrected chi connectivity index (χ2v) is 13.2. The molecule has 3 aromatic rings. The number of allylic oxidation sites excluding steroid dienone is 2. The minimum atomic E-state index is -0.182. The van der Waals surface area contributed by atoms with Gasteiger partial charge in [-0.1, -0.05) is 66.7 Å². The monoisotopic (exact) mass is 727 g/mol. The number of rotatable bonds is 26. The van der Waals surface area contributed by atoms with E-state index in [2.05, 4.69) is 55.2 Å². The number of hydrogen-bond acceptors (Lipinski definition) is 13. The van der Waals surface area contributed by atoms with Crippen LogP contribution < -0.4 is 4.90 Å². The average Bonchev–Trinajstić information content (AvgIpc) is 3.88. The third kappa shape index (κ3) is 14.8. The number of ether oxygens (including phenoxy) is 4. The fourth-order valence-electron chi connectivity index (χ4n) is 4.36. The molecule has 12 nitrogen and oxygen atoms in total. The molecule has 0 radical (unpaired) electrons. The van der Waals surface area contributed by atoms with Crippen LogP contribution in [0.4, 0.5) is 26.6 Å². The van der Waals surface area contributed by atoms with Gasteiger partial charge in [0.25, 0.3) is 11.5 Å². The topological polar surface area (TPSA) is 116 Å². The Labute approximate surface area is 301 Å². The summed E-state index contributed by atoms with van der Waals surface area (Å²) in [5, 5.41) is 12.4. The SMILES string of the molecule is [C-]#[N+]c1nsc(N=Nc2sc(N(CC)CCOCCOCCOCCOC(=O)CCC/C=C/CCCCCC)nc2-c2cccs2)c1[N+]#[C-]. The second-order valence-electron chi connectivity index (χ2n) is 10.6. The van der Waals surface area contributed by atoms with Gasteiger partial charge in [0.15, 0.2) is 15.1 Å². The molecule has 0 saturated heterocycles. The van der Waals surface area contributed by atoms with Gasteiger partial charge in [0.1, 0.15) is 12.3 Å². The Kier molecular flexibility index (Phi) is 20.0. The van der Waals surface area contributed by atoms with Gasteiger partial charge in [-0.25, -0.2) is 9.83 Å². The third-order valence-corrected chi connectivity index (χ3v) is 9.56. The summed E-state index contributed by atoms with van der Waals surface area (Å²) in [5.41, 5.74) is 0.837. The highest BCUT2D eigenvalue weighted by Crippen LogP contribution is 2.45. The maximum atomic E-state index is 11.9. The van der Waals surface area contributed by atoms with Gasteiger partial charge in [0.2, 0.25) is 0 Å². The van der Waals surface area contributed by atoms with Crippen molar-refractivity contribution in [3.05, 3.63) is 52.5 Å². The van der Waals surface area contributed by atoms with Crippen molar-refractivity contribution in [2.75, 3.05) is 64.2 Å². The number of aromatic nitrogens is 2. The summed E-state index contributed by atoms with van der Waals surface area (Å²) in [5.74, 6) is -0.140. The first-order valence-electron chi connectivity index (χ1n) is 16.6. The summed E-state index contributed by atoms with van der Waals surface area (Å²) in [4.78, 5) is 26.5. The van der Waals surface area contributed by atoms with E-state index in [9.17, 15) is 4.79 Å². The van der Waals surface area contributed by atoms with Crippen molar-refractivity contribution in [3.8, 4) is 10.6 Å². The molecule has 264 valence electrons. The Balaban J connectivity index is 1.27. The summed E-state index contributed by atoms with van der Waals surface area (Å²) in [7, 11) is 0. The van der Waals surface area contributed by atoms with Crippen LogP contribution in [0, 0.1) is 13.1 Å². The van der Waals surface area contributed by atoms with Crippen molar-refractivity contribution in [1.82, 2.24) is 9.36 Å². The maximum absolute atomic E-state index is 11.9. The number of nitrogens with zero attached hydrogens (tertiary/aromatic N) is 7. The zero-order valence-electron chi connectivity index (χ0n) is 28.3. The van der Waals surface area contributed by atoms with Gasteiger partial charge in [-0.05, 0) is 44.1 Å². The lowest BCUT2D eigenvalue weighted by molar-refractivity contribution is -0.145. The predicted octanol–water partition coefficient (Wildman–Crippen LogP) is 9.96. The van der Waals surface area contributed by atoms with Crippen LogP contribution in [0.5, 0.6) is 0 Å². The number of anilines is 1. The van der Waals surface area contributed by atoms with E-state index in [1.54, 1.807) is 11.3 Å². The van der Waals surface area contributed by atoms with Gasteiger partial charge in [-0.2, -0.15) is 0 Å². The van der Waals surface area contributed by atoms with Crippen LogP contribution in [0.3, 0.4) is 0 Å². The fraction of sp³-hybridized carbons (Fsp3) is 0.559. The molecular formula is C34H45N7O5S3. The normalized spacial score (nSPS) is 11.3. The highest BCUT2D eigenvalue weighted by atomic mass is 32.1. The van der Waals surface area contributed by atoms with Gasteiger partial charge in [0.05, 0.1) is 62.6 Å². The molecule has 3 rings (SSSR count). The molecule has 3 aromatic heterocycles. The molecule has 0 aliphatic rings. The Morgan fingerprint density at radius 1 is 0.918 bits per heavy atom. The van der Waals surface area contributed by atoms with E-state index in [4.69, 9.17) is 37.1 Å². The molecule has 0 amide bonds. The van der Waals surface area contributed by atoms with Gasteiger partial charge < -0.3 is 28.7 Å². The molecule has 0 unspecified atom stereocenters. The number of thiazole rings is 1. The van der Waals surface area contributed by atoms with Crippen LogP contribution in [-0.2, 0) is 23.7 Å². The van der Waals surface area contributed by atoms with E-state index in [1.807, 2.05) is 17.5 Å². The summed E-state index contributed by atoms with van der Waals surface area (Å²) in [6.45, 7) is 23.0. The highest BCUT2D eigenvalue weighted by Gasteiger charge is 2.20. The maximum Gasteiger partial charge on any atom is 0.305 e.